The molecule has 0 aromatic heterocycles. The van der Waals surface area contributed by atoms with Crippen LogP contribution in [0.25, 0.3) is 0 Å². The summed E-state index contributed by atoms with van der Waals surface area (Å²) in [6.07, 6.45) is 39.9. The third-order valence-corrected chi connectivity index (χ3v) is 9.04. The number of guanidine groups is 1. The van der Waals surface area contributed by atoms with Gasteiger partial charge in [-0.15, -0.1) is 0 Å². The van der Waals surface area contributed by atoms with E-state index in [1.54, 1.807) is 0 Å². The summed E-state index contributed by atoms with van der Waals surface area (Å²) in [5, 5.41) is 0. The number of rotatable bonds is 33. The van der Waals surface area contributed by atoms with Gasteiger partial charge in [0.2, 0.25) is 0 Å². The molecule has 0 heterocycles. The van der Waals surface area contributed by atoms with Crippen LogP contribution in [0.4, 0.5) is 0 Å². The van der Waals surface area contributed by atoms with E-state index >= 15 is 0 Å². The summed E-state index contributed by atoms with van der Waals surface area (Å²) < 4.78 is 1.13. The minimum Gasteiger partial charge on any atom is -1.00 e. The van der Waals surface area contributed by atoms with Crippen molar-refractivity contribution in [2.24, 2.45) is 16.5 Å². The van der Waals surface area contributed by atoms with Crippen LogP contribution in [0.2, 0.25) is 0 Å². The van der Waals surface area contributed by atoms with E-state index in [1.165, 1.54) is 193 Å². The van der Waals surface area contributed by atoms with Crippen molar-refractivity contribution in [1.82, 2.24) is 0 Å². The van der Waals surface area contributed by atoms with Gasteiger partial charge in [-0.3, -0.25) is 0 Å². The van der Waals surface area contributed by atoms with Crippen molar-refractivity contribution in [2.45, 2.75) is 194 Å². The molecule has 0 aliphatic carbocycles. The zero-order chi connectivity index (χ0) is 29.4. The van der Waals surface area contributed by atoms with Gasteiger partial charge >= 0.3 is 0 Å². The Balaban J connectivity index is 0. The van der Waals surface area contributed by atoms with Gasteiger partial charge in [0, 0.05) is 0 Å². The summed E-state index contributed by atoms with van der Waals surface area (Å²) in [6, 6.07) is 0. The molecule has 0 unspecified atom stereocenters. The second kappa shape index (κ2) is 34.0. The highest BCUT2D eigenvalue weighted by atomic mass is 35.5. The molecule has 0 saturated carbocycles. The summed E-state index contributed by atoms with van der Waals surface area (Å²) in [5.41, 5.74) is 11.2. The quantitative estimate of drug-likeness (QED) is 0.0351. The minimum atomic E-state index is 0. The van der Waals surface area contributed by atoms with Gasteiger partial charge in [-0.05, 0) is 25.7 Å². The van der Waals surface area contributed by atoms with Gasteiger partial charge in [0.15, 0.2) is 5.96 Å². The Morgan fingerprint density at radius 2 is 0.659 bits per heavy atom. The average Bonchev–Trinajstić information content (AvgIpc) is 2.93. The van der Waals surface area contributed by atoms with E-state index in [-0.39, 0.29) is 18.4 Å². The average molecular weight is 601 g/mol. The lowest BCUT2D eigenvalue weighted by molar-refractivity contribution is -0.908. The molecule has 0 amide bonds. The molecule has 0 aliphatic rings. The highest BCUT2D eigenvalue weighted by molar-refractivity contribution is 5.75. The van der Waals surface area contributed by atoms with Gasteiger partial charge < -0.3 is 28.4 Å². The monoisotopic (exact) mass is 601 g/mol. The maximum Gasteiger partial charge on any atom is 0.186 e. The summed E-state index contributed by atoms with van der Waals surface area (Å²) in [7, 11) is 2.44. The van der Waals surface area contributed by atoms with E-state index in [4.69, 9.17) is 11.5 Å². The first-order valence-electron chi connectivity index (χ1n) is 18.4. The minimum absolute atomic E-state index is 0. The Kier molecular flexibility index (Phi) is 35.4. The molecule has 0 rings (SSSR count). The van der Waals surface area contributed by atoms with Gasteiger partial charge in [0.05, 0.1) is 33.2 Å². The first-order chi connectivity index (χ1) is 19.5. The van der Waals surface area contributed by atoms with Crippen molar-refractivity contribution >= 4 is 5.96 Å². The van der Waals surface area contributed by atoms with E-state index in [2.05, 4.69) is 25.9 Å². The van der Waals surface area contributed by atoms with Crippen LogP contribution in [-0.2, 0) is 0 Å². The van der Waals surface area contributed by atoms with E-state index in [1.807, 2.05) is 0 Å². The van der Waals surface area contributed by atoms with Crippen molar-refractivity contribution in [1.29, 1.82) is 0 Å². The Morgan fingerprint density at radius 1 is 0.415 bits per heavy atom. The van der Waals surface area contributed by atoms with E-state index in [0.717, 1.165) is 17.6 Å². The maximum atomic E-state index is 5.60. The predicted molar refractivity (Wildman–Crippen MR) is 182 cm³/mol. The van der Waals surface area contributed by atoms with Crippen LogP contribution in [0, 0.1) is 0 Å². The van der Waals surface area contributed by atoms with Gasteiger partial charge in [-0.2, -0.15) is 0 Å². The third-order valence-electron chi connectivity index (χ3n) is 9.04. The summed E-state index contributed by atoms with van der Waals surface area (Å²) in [5.74, 6) is 0.236. The lowest BCUT2D eigenvalue weighted by atomic mass is 10.0. The number of aliphatic imine (C=N–C) groups is 1. The molecular weight excluding hydrogens is 524 g/mol. The van der Waals surface area contributed by atoms with Crippen LogP contribution in [0.15, 0.2) is 4.99 Å². The fourth-order valence-electron chi connectivity index (χ4n) is 6.13. The second-order valence-electron chi connectivity index (χ2n) is 13.3. The SMILES string of the molecule is CCCCCCCCCCCCCCCC[N+](C)(CCCCCCCCCCCCCCCC)CCN=C(N)N.[Cl-]. The van der Waals surface area contributed by atoms with Crippen LogP contribution in [-0.4, -0.2) is 43.7 Å². The van der Waals surface area contributed by atoms with Crippen molar-refractivity contribution in [3.8, 4) is 0 Å². The van der Waals surface area contributed by atoms with Crippen molar-refractivity contribution in [3.05, 3.63) is 0 Å². The van der Waals surface area contributed by atoms with E-state index < -0.39 is 0 Å². The lowest BCUT2D eigenvalue weighted by Crippen LogP contribution is -3.00. The van der Waals surface area contributed by atoms with Crippen molar-refractivity contribution in [3.63, 3.8) is 0 Å². The molecule has 0 bridgehead atoms. The molecule has 0 aliphatic heterocycles. The fourth-order valence-corrected chi connectivity index (χ4v) is 6.13. The van der Waals surface area contributed by atoms with E-state index in [0.29, 0.717) is 0 Å². The molecule has 248 valence electrons. The molecular formula is C36H77ClN4. The first-order valence-corrected chi connectivity index (χ1v) is 18.4. The standard InChI is InChI=1S/C36H77N4.ClH/c1-4-6-8-10-12-14-16-18-20-22-24-26-28-30-33-40(3,35-32-39-36(37)38)34-31-29-27-25-23-21-19-17-15-13-11-9-7-5-2;/h4-35H2,1-3H3,(H4,37,38,39);1H/q+1;/p-1. The highest BCUT2D eigenvalue weighted by Gasteiger charge is 2.20. The summed E-state index contributed by atoms with van der Waals surface area (Å²) >= 11 is 0. The normalized spacial score (nSPS) is 11.5. The number of nitrogens with two attached hydrogens (primary N) is 2. The molecule has 0 spiro atoms. The second-order valence-corrected chi connectivity index (χ2v) is 13.3. The van der Waals surface area contributed by atoms with Gasteiger partial charge in [0.1, 0.15) is 0 Å². The Morgan fingerprint density at radius 3 is 0.902 bits per heavy atom. The van der Waals surface area contributed by atoms with Crippen LogP contribution in [0.3, 0.4) is 0 Å². The Hall–Kier alpha value is -0.480. The number of quaternary nitrogens is 1. The number of unbranched alkanes of at least 4 members (excludes halogenated alkanes) is 26. The largest absolute Gasteiger partial charge is 1.00 e. The van der Waals surface area contributed by atoms with Crippen molar-refractivity contribution < 1.29 is 16.9 Å². The highest BCUT2D eigenvalue weighted by Crippen LogP contribution is 2.16. The number of hydrogen-bond acceptors (Lipinski definition) is 1. The molecule has 4 N–H and O–H groups in total. The fraction of sp³-hybridized carbons (Fsp3) is 0.972. The third kappa shape index (κ3) is 33.9. The number of likely N-dealkylation sites (N-methyl/N-ethyl adjacent to an activating group) is 1. The Labute approximate surface area is 265 Å². The number of hydrogen-bond donors (Lipinski definition) is 2. The van der Waals surface area contributed by atoms with Crippen molar-refractivity contribution in [2.75, 3.05) is 33.2 Å². The summed E-state index contributed by atoms with van der Waals surface area (Å²) in [6.45, 7) is 8.97. The lowest BCUT2D eigenvalue weighted by Gasteiger charge is -2.34. The smallest absolute Gasteiger partial charge is 0.186 e. The molecule has 0 aromatic rings. The molecule has 0 aromatic carbocycles. The molecule has 41 heavy (non-hydrogen) atoms. The topological polar surface area (TPSA) is 64.4 Å². The van der Waals surface area contributed by atoms with Gasteiger partial charge in [-0.25, -0.2) is 4.99 Å². The van der Waals surface area contributed by atoms with Crippen LogP contribution in [0.5, 0.6) is 0 Å². The molecule has 0 radical (unpaired) electrons. The predicted octanol–water partition coefficient (Wildman–Crippen LogP) is 7.67. The zero-order valence-corrected chi connectivity index (χ0v) is 29.3. The molecule has 0 atom stereocenters. The summed E-state index contributed by atoms with van der Waals surface area (Å²) in [4.78, 5) is 4.30. The molecule has 4 nitrogen and oxygen atoms in total. The number of nitrogens with zero attached hydrogens (tertiary/aromatic N) is 2. The molecule has 5 heteroatoms. The van der Waals surface area contributed by atoms with Gasteiger partial charge in [-0.1, -0.05) is 168 Å². The van der Waals surface area contributed by atoms with Crippen LogP contribution >= 0.6 is 0 Å². The van der Waals surface area contributed by atoms with Crippen LogP contribution < -0.4 is 23.9 Å². The van der Waals surface area contributed by atoms with Gasteiger partial charge in [0.25, 0.3) is 0 Å². The maximum absolute atomic E-state index is 5.60. The first kappa shape index (κ1) is 42.7. The van der Waals surface area contributed by atoms with E-state index in [9.17, 15) is 0 Å². The number of halogens is 1. The Bertz CT molecular complexity index is 490. The molecule has 0 fully saturated rings. The van der Waals surface area contributed by atoms with Crippen LogP contribution in [0.1, 0.15) is 194 Å². The zero-order valence-electron chi connectivity index (χ0n) is 28.6. The molecule has 0 saturated heterocycles.